The van der Waals surface area contributed by atoms with E-state index in [1.165, 1.54) is 22.1 Å². The Hall–Kier alpha value is -0.540. The van der Waals surface area contributed by atoms with Gasteiger partial charge in [0, 0.05) is 34.8 Å². The highest BCUT2D eigenvalue weighted by atomic mass is 79.9. The molecular formula is C15H23BrN2. The van der Waals surface area contributed by atoms with Crippen LogP contribution >= 0.6 is 15.9 Å². The first-order chi connectivity index (χ1) is 8.44. The van der Waals surface area contributed by atoms with Gasteiger partial charge in [0.15, 0.2) is 0 Å². The quantitative estimate of drug-likeness (QED) is 0.895. The minimum Gasteiger partial charge on any atom is -0.365 e. The molecule has 1 heterocycles. The molecule has 1 saturated heterocycles. The molecule has 1 atom stereocenters. The van der Waals surface area contributed by atoms with Gasteiger partial charge in [-0.1, -0.05) is 28.9 Å². The van der Waals surface area contributed by atoms with E-state index >= 15 is 0 Å². The number of piperazine rings is 1. The van der Waals surface area contributed by atoms with Crippen molar-refractivity contribution in [1.29, 1.82) is 0 Å². The average Bonchev–Trinajstić information content (AvgIpc) is 2.32. The molecule has 1 aromatic carbocycles. The minimum absolute atomic E-state index is 0.181. The average molecular weight is 311 g/mol. The van der Waals surface area contributed by atoms with Gasteiger partial charge in [0.05, 0.1) is 0 Å². The van der Waals surface area contributed by atoms with E-state index in [4.69, 9.17) is 0 Å². The van der Waals surface area contributed by atoms with Crippen molar-refractivity contribution >= 4 is 21.6 Å². The molecule has 1 unspecified atom stereocenters. The zero-order valence-corrected chi connectivity index (χ0v) is 13.3. The predicted octanol–water partition coefficient (Wildman–Crippen LogP) is 3.72. The molecule has 0 amide bonds. The summed E-state index contributed by atoms with van der Waals surface area (Å²) >= 11 is 3.64. The largest absolute Gasteiger partial charge is 0.365 e. The molecule has 2 nitrogen and oxygen atoms in total. The third-order valence-electron chi connectivity index (χ3n) is 3.84. The van der Waals surface area contributed by atoms with E-state index in [9.17, 15) is 0 Å². The van der Waals surface area contributed by atoms with Crippen LogP contribution in [-0.4, -0.2) is 24.7 Å². The molecule has 0 aliphatic carbocycles. The predicted molar refractivity (Wildman–Crippen MR) is 82.4 cm³/mol. The summed E-state index contributed by atoms with van der Waals surface area (Å²) in [7, 11) is 0. The minimum atomic E-state index is 0.181. The van der Waals surface area contributed by atoms with Crippen LogP contribution in [-0.2, 0) is 0 Å². The first-order valence-corrected chi connectivity index (χ1v) is 7.50. The van der Waals surface area contributed by atoms with Crippen molar-refractivity contribution in [2.24, 2.45) is 0 Å². The fourth-order valence-corrected chi connectivity index (χ4v) is 3.02. The molecule has 1 aromatic rings. The Morgan fingerprint density at radius 2 is 2.17 bits per heavy atom. The van der Waals surface area contributed by atoms with Gasteiger partial charge in [0.25, 0.3) is 0 Å². The van der Waals surface area contributed by atoms with Crippen molar-refractivity contribution in [2.75, 3.05) is 18.0 Å². The number of rotatable bonds is 2. The number of nitrogens with zero attached hydrogens (tertiary/aromatic N) is 1. The van der Waals surface area contributed by atoms with Crippen LogP contribution in [0.5, 0.6) is 0 Å². The lowest BCUT2D eigenvalue weighted by molar-refractivity contribution is 0.306. The number of nitrogens with one attached hydrogen (secondary N) is 1. The van der Waals surface area contributed by atoms with Gasteiger partial charge in [0.2, 0.25) is 0 Å². The van der Waals surface area contributed by atoms with E-state index in [1.807, 2.05) is 0 Å². The van der Waals surface area contributed by atoms with Crippen LogP contribution < -0.4 is 10.2 Å². The SMILES string of the molecule is CCC1CNC(C)(C)CN1c1cccc(Br)c1C. The first kappa shape index (κ1) is 13.9. The van der Waals surface area contributed by atoms with Crippen molar-refractivity contribution in [3.63, 3.8) is 0 Å². The Kier molecular flexibility index (Phi) is 4.02. The molecule has 1 N–H and O–H groups in total. The highest BCUT2D eigenvalue weighted by molar-refractivity contribution is 9.10. The molecular weight excluding hydrogens is 288 g/mol. The molecule has 18 heavy (non-hydrogen) atoms. The molecule has 0 radical (unpaired) electrons. The second-order valence-corrected chi connectivity index (χ2v) is 6.69. The fourth-order valence-electron chi connectivity index (χ4n) is 2.67. The Morgan fingerprint density at radius 3 is 2.83 bits per heavy atom. The molecule has 0 bridgehead atoms. The Labute approximate surface area is 119 Å². The van der Waals surface area contributed by atoms with Crippen LogP contribution in [0.2, 0.25) is 0 Å². The van der Waals surface area contributed by atoms with Crippen molar-refractivity contribution < 1.29 is 0 Å². The Morgan fingerprint density at radius 1 is 1.44 bits per heavy atom. The summed E-state index contributed by atoms with van der Waals surface area (Å²) in [5.41, 5.74) is 2.89. The van der Waals surface area contributed by atoms with Gasteiger partial charge in [-0.3, -0.25) is 0 Å². The molecule has 1 aliphatic rings. The van der Waals surface area contributed by atoms with Gasteiger partial charge in [-0.25, -0.2) is 0 Å². The number of benzene rings is 1. The van der Waals surface area contributed by atoms with Gasteiger partial charge < -0.3 is 10.2 Å². The van der Waals surface area contributed by atoms with Crippen LogP contribution in [0.15, 0.2) is 22.7 Å². The third-order valence-corrected chi connectivity index (χ3v) is 4.70. The summed E-state index contributed by atoms with van der Waals surface area (Å²) < 4.78 is 1.20. The van der Waals surface area contributed by atoms with E-state index in [1.54, 1.807) is 0 Å². The lowest BCUT2D eigenvalue weighted by atomic mass is 9.96. The van der Waals surface area contributed by atoms with Crippen molar-refractivity contribution in [1.82, 2.24) is 5.32 Å². The highest BCUT2D eigenvalue weighted by Crippen LogP contribution is 2.31. The van der Waals surface area contributed by atoms with Gasteiger partial charge in [-0.05, 0) is 44.9 Å². The second kappa shape index (κ2) is 5.22. The van der Waals surface area contributed by atoms with E-state index < -0.39 is 0 Å². The summed E-state index contributed by atoms with van der Waals surface area (Å²) in [6.07, 6.45) is 1.18. The molecule has 0 spiro atoms. The van der Waals surface area contributed by atoms with E-state index in [0.29, 0.717) is 6.04 Å². The molecule has 2 rings (SSSR count). The lowest BCUT2D eigenvalue weighted by Gasteiger charge is -2.46. The molecule has 0 aromatic heterocycles. The molecule has 0 saturated carbocycles. The summed E-state index contributed by atoms with van der Waals surface area (Å²) in [6, 6.07) is 7.08. The highest BCUT2D eigenvalue weighted by Gasteiger charge is 2.32. The summed E-state index contributed by atoms with van der Waals surface area (Å²) in [5.74, 6) is 0. The van der Waals surface area contributed by atoms with Gasteiger partial charge in [-0.2, -0.15) is 0 Å². The van der Waals surface area contributed by atoms with Gasteiger partial charge in [0.1, 0.15) is 0 Å². The summed E-state index contributed by atoms with van der Waals surface area (Å²) in [4.78, 5) is 2.57. The Balaban J connectivity index is 2.36. The van der Waals surface area contributed by atoms with Crippen LogP contribution in [0, 0.1) is 6.92 Å². The van der Waals surface area contributed by atoms with E-state index in [0.717, 1.165) is 13.1 Å². The van der Waals surface area contributed by atoms with Crippen molar-refractivity contribution in [3.05, 3.63) is 28.2 Å². The number of anilines is 1. The third kappa shape index (κ3) is 2.72. The maximum Gasteiger partial charge on any atom is 0.0413 e. The van der Waals surface area contributed by atoms with Crippen molar-refractivity contribution in [2.45, 2.75) is 45.7 Å². The number of hydrogen-bond donors (Lipinski definition) is 1. The van der Waals surface area contributed by atoms with Crippen LogP contribution in [0.4, 0.5) is 5.69 Å². The molecule has 100 valence electrons. The zero-order valence-electron chi connectivity index (χ0n) is 11.8. The molecule has 3 heteroatoms. The lowest BCUT2D eigenvalue weighted by Crippen LogP contribution is -2.61. The topological polar surface area (TPSA) is 15.3 Å². The van der Waals surface area contributed by atoms with Gasteiger partial charge >= 0.3 is 0 Å². The van der Waals surface area contributed by atoms with E-state index in [-0.39, 0.29) is 5.54 Å². The Bertz CT molecular complexity index is 429. The number of halogens is 1. The number of hydrogen-bond acceptors (Lipinski definition) is 2. The first-order valence-electron chi connectivity index (χ1n) is 6.71. The van der Waals surface area contributed by atoms with Crippen molar-refractivity contribution in [3.8, 4) is 0 Å². The van der Waals surface area contributed by atoms with Crippen LogP contribution in [0.25, 0.3) is 0 Å². The normalized spacial score (nSPS) is 23.2. The standard InChI is InChI=1S/C15H23BrN2/c1-5-12-9-17-15(3,4)10-18(12)14-8-6-7-13(16)11(14)2/h6-8,12,17H,5,9-10H2,1-4H3. The summed E-state index contributed by atoms with van der Waals surface area (Å²) in [6.45, 7) is 11.1. The molecule has 1 aliphatic heterocycles. The maximum absolute atomic E-state index is 3.64. The fraction of sp³-hybridized carbons (Fsp3) is 0.600. The molecule has 1 fully saturated rings. The zero-order chi connectivity index (χ0) is 13.3. The monoisotopic (exact) mass is 310 g/mol. The smallest absolute Gasteiger partial charge is 0.0413 e. The summed E-state index contributed by atoms with van der Waals surface area (Å²) in [5, 5.41) is 3.64. The second-order valence-electron chi connectivity index (χ2n) is 5.84. The van der Waals surface area contributed by atoms with Crippen LogP contribution in [0.1, 0.15) is 32.8 Å². The van der Waals surface area contributed by atoms with E-state index in [2.05, 4.69) is 72.0 Å². The maximum atomic E-state index is 3.64. The van der Waals surface area contributed by atoms with Gasteiger partial charge in [-0.15, -0.1) is 0 Å². The van der Waals surface area contributed by atoms with Crippen LogP contribution in [0.3, 0.4) is 0 Å².